The highest BCUT2D eigenvalue weighted by atomic mass is 19.1. The van der Waals surface area contributed by atoms with Gasteiger partial charge in [-0.15, -0.1) is 0 Å². The normalized spacial score (nSPS) is 10.5. The molecule has 0 amide bonds. The van der Waals surface area contributed by atoms with E-state index in [0.717, 1.165) is 17.5 Å². The lowest BCUT2D eigenvalue weighted by Crippen LogP contribution is -1.96. The zero-order valence-electron chi connectivity index (χ0n) is 9.50. The Balaban J connectivity index is 2.52. The van der Waals surface area contributed by atoms with Gasteiger partial charge in [0.15, 0.2) is 0 Å². The number of anilines is 1. The smallest absolute Gasteiger partial charge is 0.149 e. The molecule has 2 N–H and O–H groups in total. The Kier molecular flexibility index (Phi) is 3.09. The maximum atomic E-state index is 13.3. The minimum absolute atomic E-state index is 0.430. The Morgan fingerprint density at radius 1 is 1.00 bits per heavy atom. The van der Waals surface area contributed by atoms with Crippen LogP contribution in [0.5, 0.6) is 0 Å². The lowest BCUT2D eigenvalue weighted by molar-refractivity contribution is 0.592. The van der Waals surface area contributed by atoms with Crippen molar-refractivity contribution in [2.24, 2.45) is 0 Å². The fourth-order valence-corrected chi connectivity index (χ4v) is 1.72. The average Bonchev–Trinajstić information content (AvgIpc) is 2.35. The summed E-state index contributed by atoms with van der Waals surface area (Å²) in [6.45, 7) is 2.03. The Labute approximate surface area is 98.9 Å². The van der Waals surface area contributed by atoms with Gasteiger partial charge in [0.1, 0.15) is 17.3 Å². The van der Waals surface area contributed by atoms with Crippen LogP contribution in [0, 0.1) is 11.6 Å². The lowest BCUT2D eigenvalue weighted by atomic mass is 10.0. The van der Waals surface area contributed by atoms with Crippen molar-refractivity contribution >= 4 is 5.69 Å². The second-order valence-corrected chi connectivity index (χ2v) is 3.91. The van der Waals surface area contributed by atoms with Gasteiger partial charge in [-0.1, -0.05) is 31.2 Å². The molecular weight excluding hydrogens is 220 g/mol. The zero-order valence-corrected chi connectivity index (χ0v) is 9.50. The summed E-state index contributed by atoms with van der Waals surface area (Å²) in [5.74, 6) is -1.44. The summed E-state index contributed by atoms with van der Waals surface area (Å²) in [5, 5.41) is 0. The van der Waals surface area contributed by atoms with Gasteiger partial charge in [0.05, 0.1) is 0 Å². The first-order valence-electron chi connectivity index (χ1n) is 5.45. The van der Waals surface area contributed by atoms with E-state index in [9.17, 15) is 8.78 Å². The Morgan fingerprint density at radius 3 is 2.24 bits per heavy atom. The second kappa shape index (κ2) is 4.53. The molecule has 0 aliphatic rings. The maximum Gasteiger partial charge on any atom is 0.149 e. The summed E-state index contributed by atoms with van der Waals surface area (Å²) in [4.78, 5) is 0. The highest BCUT2D eigenvalue weighted by molar-refractivity contribution is 5.66. The lowest BCUT2D eigenvalue weighted by Gasteiger charge is -2.06. The Bertz CT molecular complexity index is 527. The first kappa shape index (κ1) is 11.6. The largest absolute Gasteiger partial charge is 0.394 e. The molecule has 0 aromatic heterocycles. The van der Waals surface area contributed by atoms with E-state index in [1.807, 2.05) is 31.2 Å². The van der Waals surface area contributed by atoms with Gasteiger partial charge < -0.3 is 5.73 Å². The number of benzene rings is 2. The summed E-state index contributed by atoms with van der Waals surface area (Å²) in [5.41, 5.74) is 7.23. The molecule has 0 bridgehead atoms. The third-order valence-corrected chi connectivity index (χ3v) is 2.75. The van der Waals surface area contributed by atoms with Gasteiger partial charge in [-0.2, -0.15) is 0 Å². The average molecular weight is 233 g/mol. The second-order valence-electron chi connectivity index (χ2n) is 3.91. The van der Waals surface area contributed by atoms with Gasteiger partial charge in [-0.3, -0.25) is 0 Å². The third kappa shape index (κ3) is 2.28. The number of nitrogens with two attached hydrogens (primary N) is 1. The first-order chi connectivity index (χ1) is 8.11. The van der Waals surface area contributed by atoms with Crippen molar-refractivity contribution in [3.05, 3.63) is 53.6 Å². The molecule has 0 spiro atoms. The van der Waals surface area contributed by atoms with Crippen molar-refractivity contribution in [3.63, 3.8) is 0 Å². The Morgan fingerprint density at radius 2 is 1.65 bits per heavy atom. The molecule has 0 aliphatic heterocycles. The molecule has 88 valence electrons. The molecule has 3 heteroatoms. The molecule has 0 fully saturated rings. The first-order valence-corrected chi connectivity index (χ1v) is 5.45. The number of aryl methyl sites for hydroxylation is 1. The molecule has 0 saturated carbocycles. The van der Waals surface area contributed by atoms with Gasteiger partial charge in [0.2, 0.25) is 0 Å². The van der Waals surface area contributed by atoms with Crippen molar-refractivity contribution in [1.29, 1.82) is 0 Å². The van der Waals surface area contributed by atoms with Crippen LogP contribution >= 0.6 is 0 Å². The van der Waals surface area contributed by atoms with E-state index in [0.29, 0.717) is 5.56 Å². The molecular formula is C14H13F2N. The monoisotopic (exact) mass is 233 g/mol. The van der Waals surface area contributed by atoms with Gasteiger partial charge in [-0.25, -0.2) is 8.78 Å². The zero-order chi connectivity index (χ0) is 12.4. The van der Waals surface area contributed by atoms with Gasteiger partial charge in [0, 0.05) is 0 Å². The van der Waals surface area contributed by atoms with E-state index in [1.165, 1.54) is 12.1 Å². The van der Waals surface area contributed by atoms with Crippen LogP contribution < -0.4 is 5.73 Å². The quantitative estimate of drug-likeness (QED) is 0.785. The Hall–Kier alpha value is -1.90. The van der Waals surface area contributed by atoms with Crippen LogP contribution in [0.2, 0.25) is 0 Å². The molecule has 1 nitrogen and oxygen atoms in total. The SMILES string of the molecule is CCc1cccc(-c2cc(F)c(N)c(F)c2)c1. The summed E-state index contributed by atoms with van der Waals surface area (Å²) in [6.07, 6.45) is 0.883. The van der Waals surface area contributed by atoms with Crippen LogP contribution in [0.25, 0.3) is 11.1 Å². The van der Waals surface area contributed by atoms with Crippen LogP contribution in [-0.4, -0.2) is 0 Å². The summed E-state index contributed by atoms with van der Waals surface area (Å²) in [7, 11) is 0. The summed E-state index contributed by atoms with van der Waals surface area (Å²) < 4.78 is 26.7. The number of hydrogen-bond donors (Lipinski definition) is 1. The minimum atomic E-state index is -0.720. The minimum Gasteiger partial charge on any atom is -0.394 e. The van der Waals surface area contributed by atoms with Gasteiger partial charge in [0.25, 0.3) is 0 Å². The van der Waals surface area contributed by atoms with Crippen molar-refractivity contribution < 1.29 is 8.78 Å². The van der Waals surface area contributed by atoms with Gasteiger partial charge in [-0.05, 0) is 35.2 Å². The van der Waals surface area contributed by atoms with Crippen LogP contribution in [-0.2, 0) is 6.42 Å². The third-order valence-electron chi connectivity index (χ3n) is 2.75. The van der Waals surface area contributed by atoms with E-state index in [2.05, 4.69) is 0 Å². The van der Waals surface area contributed by atoms with E-state index in [-0.39, 0.29) is 0 Å². The molecule has 0 saturated heterocycles. The van der Waals surface area contributed by atoms with Crippen LogP contribution in [0.4, 0.5) is 14.5 Å². The van der Waals surface area contributed by atoms with E-state index in [4.69, 9.17) is 5.73 Å². The number of hydrogen-bond acceptors (Lipinski definition) is 1. The standard InChI is InChI=1S/C14H13F2N/c1-2-9-4-3-5-10(6-9)11-7-12(15)14(17)13(16)8-11/h3-8H,2,17H2,1H3. The molecule has 0 atom stereocenters. The highest BCUT2D eigenvalue weighted by Gasteiger charge is 2.09. The van der Waals surface area contributed by atoms with E-state index < -0.39 is 17.3 Å². The maximum absolute atomic E-state index is 13.3. The van der Waals surface area contributed by atoms with Crippen LogP contribution in [0.15, 0.2) is 36.4 Å². The molecule has 17 heavy (non-hydrogen) atoms. The van der Waals surface area contributed by atoms with Crippen LogP contribution in [0.1, 0.15) is 12.5 Å². The number of halogens is 2. The predicted molar refractivity (Wildman–Crippen MR) is 65.6 cm³/mol. The molecule has 2 rings (SSSR count). The molecule has 0 heterocycles. The fourth-order valence-electron chi connectivity index (χ4n) is 1.72. The van der Waals surface area contributed by atoms with Crippen LogP contribution in [0.3, 0.4) is 0 Å². The summed E-state index contributed by atoms with van der Waals surface area (Å²) >= 11 is 0. The van der Waals surface area contributed by atoms with Gasteiger partial charge >= 0.3 is 0 Å². The van der Waals surface area contributed by atoms with Crippen molar-refractivity contribution in [1.82, 2.24) is 0 Å². The number of nitrogen functional groups attached to an aromatic ring is 1. The topological polar surface area (TPSA) is 26.0 Å². The van der Waals surface area contributed by atoms with E-state index in [1.54, 1.807) is 0 Å². The predicted octanol–water partition coefficient (Wildman–Crippen LogP) is 3.78. The van der Waals surface area contributed by atoms with Crippen molar-refractivity contribution in [2.75, 3.05) is 5.73 Å². The fraction of sp³-hybridized carbons (Fsp3) is 0.143. The highest BCUT2D eigenvalue weighted by Crippen LogP contribution is 2.26. The van der Waals surface area contributed by atoms with Crippen molar-refractivity contribution in [2.45, 2.75) is 13.3 Å². The molecule has 0 aliphatic carbocycles. The summed E-state index contributed by atoms with van der Waals surface area (Å²) in [6, 6.07) is 10.1. The van der Waals surface area contributed by atoms with Crippen molar-refractivity contribution in [3.8, 4) is 11.1 Å². The molecule has 2 aromatic carbocycles. The molecule has 2 aromatic rings. The molecule has 0 radical (unpaired) electrons. The van der Waals surface area contributed by atoms with E-state index >= 15 is 0 Å². The molecule has 0 unspecified atom stereocenters. The number of rotatable bonds is 2.